The lowest BCUT2D eigenvalue weighted by atomic mass is 10.3. The normalized spacial score (nSPS) is 15.5. The first-order chi connectivity index (χ1) is 11.3. The highest BCUT2D eigenvalue weighted by atomic mass is 79.9. The van der Waals surface area contributed by atoms with Crippen LogP contribution in [0.2, 0.25) is 5.02 Å². The molecule has 24 heavy (non-hydrogen) atoms. The van der Waals surface area contributed by atoms with E-state index in [-0.39, 0.29) is 20.5 Å². The van der Waals surface area contributed by atoms with E-state index in [2.05, 4.69) is 26.2 Å². The molecule has 0 unspecified atom stereocenters. The third-order valence-electron chi connectivity index (χ3n) is 3.71. The van der Waals surface area contributed by atoms with Crippen LogP contribution in [-0.4, -0.2) is 24.8 Å². The second-order valence-electron chi connectivity index (χ2n) is 5.48. The highest BCUT2D eigenvalue weighted by Crippen LogP contribution is 2.35. The van der Waals surface area contributed by atoms with Crippen LogP contribution in [0, 0.1) is 11.3 Å². The number of aromatic nitrogens is 1. The molecule has 1 amide bonds. The van der Waals surface area contributed by atoms with Crippen molar-refractivity contribution in [2.75, 3.05) is 0 Å². The molecule has 2 aromatic rings. The summed E-state index contributed by atoms with van der Waals surface area (Å²) in [6, 6.07) is 7.72. The Hall–Kier alpha value is -1.82. The number of benzene rings is 1. The predicted octanol–water partition coefficient (Wildman–Crippen LogP) is 3.05. The lowest BCUT2D eigenvalue weighted by Crippen LogP contribution is -2.35. The van der Waals surface area contributed by atoms with Crippen molar-refractivity contribution in [3.8, 4) is 6.07 Å². The molecule has 1 heterocycles. The van der Waals surface area contributed by atoms with Crippen molar-refractivity contribution in [1.29, 1.82) is 5.26 Å². The van der Waals surface area contributed by atoms with Gasteiger partial charge in [-0.3, -0.25) is 4.79 Å². The largest absolute Gasteiger partial charge is 0.356 e. The van der Waals surface area contributed by atoms with Crippen molar-refractivity contribution in [2.45, 2.75) is 28.2 Å². The number of hydrogen-bond donors (Lipinski definition) is 2. The highest BCUT2D eigenvalue weighted by molar-refractivity contribution is 9.10. The summed E-state index contributed by atoms with van der Waals surface area (Å²) in [6.45, 7) is 0. The molecule has 1 aromatic heterocycles. The van der Waals surface area contributed by atoms with Gasteiger partial charge < -0.3 is 10.3 Å². The van der Waals surface area contributed by atoms with Gasteiger partial charge in [-0.15, -0.1) is 0 Å². The Morgan fingerprint density at radius 1 is 1.38 bits per heavy atom. The molecule has 6 nitrogen and oxygen atoms in total. The zero-order valence-electron chi connectivity index (χ0n) is 12.1. The molecule has 3 rings (SSSR count). The highest BCUT2D eigenvalue weighted by Gasteiger charge is 2.45. The number of hydrogen-bond acceptors (Lipinski definition) is 4. The average molecular weight is 429 g/mol. The Morgan fingerprint density at radius 2 is 2.08 bits per heavy atom. The maximum Gasteiger partial charge on any atom is 0.268 e. The van der Waals surface area contributed by atoms with Crippen LogP contribution in [0.1, 0.15) is 23.3 Å². The molecule has 0 saturated heterocycles. The Bertz CT molecular complexity index is 974. The summed E-state index contributed by atoms with van der Waals surface area (Å²) in [4.78, 5) is 14.6. The van der Waals surface area contributed by atoms with Crippen LogP contribution >= 0.6 is 27.5 Å². The van der Waals surface area contributed by atoms with E-state index >= 15 is 0 Å². The minimum Gasteiger partial charge on any atom is -0.356 e. The van der Waals surface area contributed by atoms with Gasteiger partial charge >= 0.3 is 0 Å². The van der Waals surface area contributed by atoms with Gasteiger partial charge in [0.1, 0.15) is 11.2 Å². The molecule has 0 bridgehead atoms. The molecule has 2 N–H and O–H groups in total. The first-order valence-corrected chi connectivity index (χ1v) is 9.55. The zero-order valence-corrected chi connectivity index (χ0v) is 15.3. The van der Waals surface area contributed by atoms with Crippen LogP contribution in [0.3, 0.4) is 0 Å². The minimum absolute atomic E-state index is 0.0472. The zero-order chi connectivity index (χ0) is 17.5. The summed E-state index contributed by atoms with van der Waals surface area (Å²) in [7, 11) is -3.86. The number of aromatic amines is 1. The van der Waals surface area contributed by atoms with Crippen molar-refractivity contribution in [1.82, 2.24) is 10.3 Å². The number of amides is 1. The fourth-order valence-electron chi connectivity index (χ4n) is 2.16. The van der Waals surface area contributed by atoms with Gasteiger partial charge in [0.15, 0.2) is 0 Å². The van der Waals surface area contributed by atoms with E-state index in [0.29, 0.717) is 17.3 Å². The topological polar surface area (TPSA) is 103 Å². The molecule has 124 valence electrons. The SMILES string of the molecule is N#CC1(NC(=O)c2cc(S(=O)(=O)c3ccc(Br)cc3Cl)c[nH]2)CC1. The van der Waals surface area contributed by atoms with Gasteiger partial charge in [0, 0.05) is 10.7 Å². The molecule has 1 aliphatic rings. The monoisotopic (exact) mass is 427 g/mol. The van der Waals surface area contributed by atoms with Gasteiger partial charge in [-0.05, 0) is 37.1 Å². The third kappa shape index (κ3) is 3.07. The predicted molar refractivity (Wildman–Crippen MR) is 90.4 cm³/mol. The van der Waals surface area contributed by atoms with Gasteiger partial charge in [-0.25, -0.2) is 8.42 Å². The summed E-state index contributed by atoms with van der Waals surface area (Å²) in [5.41, 5.74) is -0.751. The number of halogens is 2. The van der Waals surface area contributed by atoms with Gasteiger partial charge in [0.2, 0.25) is 9.84 Å². The Labute approximate surface area is 151 Å². The molecule has 1 saturated carbocycles. The van der Waals surface area contributed by atoms with Crippen molar-refractivity contribution in [3.63, 3.8) is 0 Å². The number of nitrogens with zero attached hydrogens (tertiary/aromatic N) is 1. The molecule has 0 aliphatic heterocycles. The molecule has 9 heteroatoms. The van der Waals surface area contributed by atoms with E-state index in [9.17, 15) is 13.2 Å². The van der Waals surface area contributed by atoms with E-state index in [0.717, 1.165) is 0 Å². The Morgan fingerprint density at radius 3 is 2.67 bits per heavy atom. The van der Waals surface area contributed by atoms with Crippen molar-refractivity contribution >= 4 is 43.3 Å². The lowest BCUT2D eigenvalue weighted by Gasteiger charge is -2.07. The van der Waals surface area contributed by atoms with Crippen molar-refractivity contribution < 1.29 is 13.2 Å². The van der Waals surface area contributed by atoms with Crippen LogP contribution in [0.15, 0.2) is 44.7 Å². The van der Waals surface area contributed by atoms with E-state index < -0.39 is 21.3 Å². The average Bonchev–Trinajstić information content (AvgIpc) is 3.10. The maximum atomic E-state index is 12.7. The summed E-state index contributed by atoms with van der Waals surface area (Å²) in [5, 5.41) is 11.7. The van der Waals surface area contributed by atoms with Crippen LogP contribution in [0.5, 0.6) is 0 Å². The molecule has 0 spiro atoms. The minimum atomic E-state index is -3.86. The summed E-state index contributed by atoms with van der Waals surface area (Å²) < 4.78 is 26.0. The van der Waals surface area contributed by atoms with Gasteiger partial charge in [-0.2, -0.15) is 5.26 Å². The fourth-order valence-corrected chi connectivity index (χ4v) is 4.44. The van der Waals surface area contributed by atoms with E-state index in [4.69, 9.17) is 16.9 Å². The molecule has 1 aromatic carbocycles. The first kappa shape index (κ1) is 17.0. The van der Waals surface area contributed by atoms with Gasteiger partial charge in [0.25, 0.3) is 5.91 Å². The summed E-state index contributed by atoms with van der Waals surface area (Å²) in [5.74, 6) is -0.516. The first-order valence-electron chi connectivity index (χ1n) is 6.90. The molecule has 1 fully saturated rings. The van der Waals surface area contributed by atoms with Crippen molar-refractivity contribution in [2.24, 2.45) is 0 Å². The number of carbonyl (C=O) groups is 1. The number of nitrogens with one attached hydrogen (secondary N) is 2. The summed E-state index contributed by atoms with van der Waals surface area (Å²) >= 11 is 9.23. The van der Waals surface area contributed by atoms with Crippen LogP contribution in [0.4, 0.5) is 0 Å². The number of nitriles is 1. The second-order valence-corrected chi connectivity index (χ2v) is 8.72. The van der Waals surface area contributed by atoms with Crippen LogP contribution in [0.25, 0.3) is 0 Å². The maximum absolute atomic E-state index is 12.7. The molecule has 0 radical (unpaired) electrons. The quantitative estimate of drug-likeness (QED) is 0.781. The smallest absolute Gasteiger partial charge is 0.268 e. The molecule has 0 atom stereocenters. The molecular formula is C15H11BrClN3O3S. The van der Waals surface area contributed by atoms with Gasteiger partial charge in [-0.1, -0.05) is 27.5 Å². The lowest BCUT2D eigenvalue weighted by molar-refractivity contribution is 0.0937. The Balaban J connectivity index is 1.89. The van der Waals surface area contributed by atoms with E-state index in [1.165, 1.54) is 24.4 Å². The fraction of sp³-hybridized carbons (Fsp3) is 0.200. The number of sulfone groups is 1. The summed E-state index contributed by atoms with van der Waals surface area (Å²) in [6.07, 6.45) is 2.42. The molecule has 1 aliphatic carbocycles. The van der Waals surface area contributed by atoms with Crippen LogP contribution in [-0.2, 0) is 9.84 Å². The Kier molecular flexibility index (Phi) is 4.20. The second kappa shape index (κ2) is 5.92. The number of carbonyl (C=O) groups excluding carboxylic acids is 1. The van der Waals surface area contributed by atoms with E-state index in [1.807, 2.05) is 6.07 Å². The van der Waals surface area contributed by atoms with Crippen molar-refractivity contribution in [3.05, 3.63) is 45.7 Å². The molecular weight excluding hydrogens is 418 g/mol. The third-order valence-corrected chi connectivity index (χ3v) is 6.42. The van der Waals surface area contributed by atoms with E-state index in [1.54, 1.807) is 6.07 Å². The van der Waals surface area contributed by atoms with Crippen LogP contribution < -0.4 is 5.32 Å². The number of H-pyrrole nitrogens is 1. The van der Waals surface area contributed by atoms with Gasteiger partial charge in [0.05, 0.1) is 20.9 Å². The number of rotatable bonds is 4. The standard InChI is InChI=1S/C15H11BrClN3O3S/c16-9-1-2-13(11(17)5-9)24(22,23)10-6-12(19-7-10)14(21)20-15(8-18)3-4-15/h1-2,5-7,19H,3-4H2,(H,20,21).